The topological polar surface area (TPSA) is 131 Å². The Labute approximate surface area is 387 Å². The molecule has 0 fully saturated rings. The van der Waals surface area contributed by atoms with Crippen molar-refractivity contribution >= 4 is 55.8 Å². The molecule has 10 rings (SSSR count). The fourth-order valence-corrected chi connectivity index (χ4v) is 5.83. The van der Waals surface area contributed by atoms with E-state index in [4.69, 9.17) is 44.2 Å². The molecular weight excluding hydrogens is 821 g/mol. The fourth-order valence-electron chi connectivity index (χ4n) is 5.83. The first kappa shape index (κ1) is 57.1. The molecule has 10 aromatic heterocycles. The third-order valence-electron chi connectivity index (χ3n) is 9.68. The predicted octanol–water partition coefficient (Wildman–Crippen LogP) is 20.0. The van der Waals surface area contributed by atoms with Gasteiger partial charge >= 0.3 is 0 Å². The van der Waals surface area contributed by atoms with Gasteiger partial charge in [0.2, 0.25) is 0 Å². The quantitative estimate of drug-likeness (QED) is 0.145. The minimum absolute atomic E-state index is 0.0571. The van der Waals surface area contributed by atoms with Crippen molar-refractivity contribution in [3.05, 3.63) is 117 Å². The van der Waals surface area contributed by atoms with Gasteiger partial charge in [-0.1, -0.05) is 90.0 Å². The van der Waals surface area contributed by atoms with Crippen LogP contribution in [0.4, 0.5) is 0 Å². The molecule has 0 spiro atoms. The molecule has 10 heterocycles. The van der Waals surface area contributed by atoms with Gasteiger partial charge in [-0.05, 0) is 76.2 Å². The lowest BCUT2D eigenvalue weighted by molar-refractivity contribution is 0.430. The zero-order valence-corrected chi connectivity index (χ0v) is 44.2. The molecule has 360 valence electrons. The van der Waals surface area contributed by atoms with Crippen molar-refractivity contribution in [2.24, 2.45) is 0 Å². The van der Waals surface area contributed by atoms with Gasteiger partial charge in [-0.3, -0.25) is 0 Å². The minimum Gasteiger partial charge on any atom is -0.461 e. The zero-order valence-electron chi connectivity index (χ0n) is 44.2. The minimum atomic E-state index is 0.0571. The molecule has 0 aliphatic carbocycles. The Morgan fingerprint density at radius 2 is 0.738 bits per heavy atom. The maximum absolute atomic E-state index is 5.58. The van der Waals surface area contributed by atoms with Crippen molar-refractivity contribution in [1.82, 2.24) is 0 Å². The number of hydrogen-bond acceptors (Lipinski definition) is 10. The van der Waals surface area contributed by atoms with Crippen LogP contribution >= 0.6 is 0 Å². The summed E-state index contributed by atoms with van der Waals surface area (Å²) < 4.78 is 53.7. The summed E-state index contributed by atoms with van der Waals surface area (Å²) in [5.41, 5.74) is 15.3. The highest BCUT2D eigenvalue weighted by molar-refractivity contribution is 5.80. The van der Waals surface area contributed by atoms with E-state index >= 15 is 0 Å². The zero-order chi connectivity index (χ0) is 49.9. The summed E-state index contributed by atoms with van der Waals surface area (Å²) in [6.07, 6.45) is 6.72. The normalized spacial score (nSPS) is 10.2. The van der Waals surface area contributed by atoms with Crippen LogP contribution in [0.15, 0.2) is 93.5 Å². The van der Waals surface area contributed by atoms with Crippen LogP contribution < -0.4 is 0 Å². The first-order chi connectivity index (χ1) is 30.9. The van der Waals surface area contributed by atoms with E-state index in [0.29, 0.717) is 0 Å². The molecule has 0 saturated heterocycles. The lowest BCUT2D eigenvalue weighted by atomic mass is 9.94. The van der Waals surface area contributed by atoms with Crippen molar-refractivity contribution in [3.63, 3.8) is 0 Å². The van der Waals surface area contributed by atoms with Gasteiger partial charge in [0.05, 0.1) is 25.1 Å². The lowest BCUT2D eigenvalue weighted by Crippen LogP contribution is -2.08. The van der Waals surface area contributed by atoms with Crippen molar-refractivity contribution in [2.75, 3.05) is 0 Å². The van der Waals surface area contributed by atoms with E-state index in [1.807, 2.05) is 170 Å². The lowest BCUT2D eigenvalue weighted by Gasteiger charge is -2.13. The number of fused-ring (bicyclic) bond motifs is 5. The Bertz CT molecular complexity index is 2710. The number of rotatable bonds is 0. The molecule has 0 unspecified atom stereocenters. The average Bonchev–Trinajstić information content (AvgIpc) is 4.19. The summed E-state index contributed by atoms with van der Waals surface area (Å²) in [7, 11) is 0. The summed E-state index contributed by atoms with van der Waals surface area (Å²) >= 11 is 0. The van der Waals surface area contributed by atoms with E-state index in [-0.39, 0.29) is 5.41 Å². The van der Waals surface area contributed by atoms with Crippen LogP contribution in [-0.2, 0) is 5.41 Å². The van der Waals surface area contributed by atoms with Gasteiger partial charge in [0.1, 0.15) is 34.6 Å². The van der Waals surface area contributed by atoms with Crippen molar-refractivity contribution in [3.8, 4) is 0 Å². The number of aryl methyl sites for hydroxylation is 11. The summed E-state index contributed by atoms with van der Waals surface area (Å²) in [5, 5.41) is 0. The van der Waals surface area contributed by atoms with Gasteiger partial charge in [0, 0.05) is 63.1 Å². The van der Waals surface area contributed by atoms with Crippen molar-refractivity contribution in [2.45, 2.75) is 172 Å². The van der Waals surface area contributed by atoms with Crippen LogP contribution in [0.25, 0.3) is 55.8 Å². The molecule has 0 aliphatic heterocycles. The summed E-state index contributed by atoms with van der Waals surface area (Å²) in [6, 6.07) is 7.53. The Morgan fingerprint density at radius 1 is 0.338 bits per heavy atom. The molecule has 0 aliphatic rings. The molecule has 10 aromatic rings. The van der Waals surface area contributed by atoms with Gasteiger partial charge in [-0.25, -0.2) is 0 Å². The second kappa shape index (κ2) is 26.8. The number of furan rings is 10. The van der Waals surface area contributed by atoms with Crippen LogP contribution in [0.2, 0.25) is 0 Å². The fraction of sp³-hybridized carbons (Fsp3) is 0.455. The Balaban J connectivity index is 0.000000387. The predicted molar refractivity (Wildman–Crippen MR) is 270 cm³/mol. The van der Waals surface area contributed by atoms with Crippen molar-refractivity contribution in [1.29, 1.82) is 0 Å². The molecule has 10 heteroatoms. The first-order valence-electron chi connectivity index (χ1n) is 23.2. The Morgan fingerprint density at radius 3 is 1.15 bits per heavy atom. The highest BCUT2D eigenvalue weighted by Gasteiger charge is 2.20. The highest BCUT2D eigenvalue weighted by atomic mass is 16.4. The number of hydrogen-bond donors (Lipinski definition) is 0. The Kier molecular flexibility index (Phi) is 23.5. The van der Waals surface area contributed by atoms with Gasteiger partial charge in [-0.2, -0.15) is 0 Å². The van der Waals surface area contributed by atoms with Gasteiger partial charge in [0.15, 0.2) is 55.8 Å². The van der Waals surface area contributed by atoms with Crippen LogP contribution in [-0.4, -0.2) is 0 Å². The average molecular weight is 901 g/mol. The highest BCUT2D eigenvalue weighted by Crippen LogP contribution is 2.31. The van der Waals surface area contributed by atoms with E-state index < -0.39 is 0 Å². The van der Waals surface area contributed by atoms with E-state index in [1.165, 1.54) is 0 Å². The second-order valence-electron chi connectivity index (χ2n) is 15.0. The van der Waals surface area contributed by atoms with E-state index in [2.05, 4.69) is 20.8 Å². The Hall–Kier alpha value is -5.90. The van der Waals surface area contributed by atoms with E-state index in [1.54, 1.807) is 25.1 Å². The van der Waals surface area contributed by atoms with Gasteiger partial charge < -0.3 is 44.2 Å². The summed E-state index contributed by atoms with van der Waals surface area (Å²) in [5.74, 6) is 5.65. The third kappa shape index (κ3) is 14.0. The summed E-state index contributed by atoms with van der Waals surface area (Å²) in [4.78, 5) is 0. The molecule has 10 nitrogen and oxygen atoms in total. The molecular formula is C55H80O10. The van der Waals surface area contributed by atoms with Crippen LogP contribution in [0.3, 0.4) is 0 Å². The summed E-state index contributed by atoms with van der Waals surface area (Å²) in [6.45, 7) is 48.0. The first-order valence-corrected chi connectivity index (χ1v) is 23.2. The largest absolute Gasteiger partial charge is 0.461 e. The van der Waals surface area contributed by atoms with Crippen molar-refractivity contribution < 1.29 is 44.2 Å². The van der Waals surface area contributed by atoms with Crippen LogP contribution in [0, 0.1) is 76.2 Å². The van der Waals surface area contributed by atoms with Gasteiger partial charge in [0.25, 0.3) is 0 Å². The second-order valence-corrected chi connectivity index (χ2v) is 15.0. The van der Waals surface area contributed by atoms with Crippen LogP contribution in [0.1, 0.15) is 158 Å². The van der Waals surface area contributed by atoms with Crippen LogP contribution in [0.5, 0.6) is 0 Å². The molecule has 0 amide bonds. The van der Waals surface area contributed by atoms with Gasteiger partial charge in [-0.15, -0.1) is 0 Å². The maximum Gasteiger partial charge on any atom is 0.175 e. The van der Waals surface area contributed by atoms with E-state index in [9.17, 15) is 0 Å². The molecule has 0 atom stereocenters. The van der Waals surface area contributed by atoms with E-state index in [0.717, 1.165) is 124 Å². The monoisotopic (exact) mass is 901 g/mol. The molecule has 0 N–H and O–H groups in total. The smallest absolute Gasteiger partial charge is 0.175 e. The molecule has 0 radical (unpaired) electrons. The molecule has 0 bridgehead atoms. The molecule has 65 heavy (non-hydrogen) atoms. The maximum atomic E-state index is 5.58. The molecule has 0 aromatic carbocycles. The standard InChI is InChI=1S/C10H12O2.3C9H10O2.C8H8O2.5C2H6/c1-10(2,3)9-6-8-7(12-9)4-5-11-8;2*1-5-4-10-9-6(2)7(3)11-8(5)9;1-5-4-8-9(10-5)6(2)7(3)11-8;1-5-6(2)10-7-3-4-9-8(5)7;5*1-2/h4-6H,1-3H3;3*4H,1-3H3;3-4H,1-2H3;5*1-2H3. The SMILES string of the molecule is CC.CC.CC.CC.CC.CC(C)(C)c1cc2occc2o1.Cc1cc2oc(C)c(C)c2o1.Cc1oc2c(C)coc2c1C.Cc1oc2c(C)coc2c1C.Cc1oc2ccoc2c1C. The molecule has 0 saturated carbocycles. The third-order valence-corrected chi connectivity index (χ3v) is 9.68.